The van der Waals surface area contributed by atoms with E-state index in [2.05, 4.69) is 5.10 Å². The van der Waals surface area contributed by atoms with Crippen molar-refractivity contribution in [2.24, 2.45) is 0 Å². The van der Waals surface area contributed by atoms with Crippen molar-refractivity contribution < 1.29 is 13.2 Å². The number of aromatic nitrogens is 2. The second-order valence-electron chi connectivity index (χ2n) is 3.54. The summed E-state index contributed by atoms with van der Waals surface area (Å²) in [6.45, 7) is 1.65. The fourth-order valence-corrected chi connectivity index (χ4v) is 1.75. The highest BCUT2D eigenvalue weighted by Gasteiger charge is 2.16. The molecule has 2 rings (SSSR count). The lowest BCUT2D eigenvalue weighted by atomic mass is 10.2. The molecule has 0 bridgehead atoms. The van der Waals surface area contributed by atoms with E-state index in [-0.39, 0.29) is 5.15 Å². The van der Waals surface area contributed by atoms with Gasteiger partial charge in [-0.15, -0.1) is 0 Å². The molecule has 0 aliphatic rings. The van der Waals surface area contributed by atoms with Gasteiger partial charge in [0.2, 0.25) is 0 Å². The van der Waals surface area contributed by atoms with Crippen LogP contribution in [0.2, 0.25) is 5.15 Å². The van der Waals surface area contributed by atoms with Crippen molar-refractivity contribution in [1.82, 2.24) is 9.78 Å². The van der Waals surface area contributed by atoms with Crippen LogP contribution in [-0.2, 0) is 0 Å². The summed E-state index contributed by atoms with van der Waals surface area (Å²) in [5.41, 5.74) is 0.637. The van der Waals surface area contributed by atoms with Gasteiger partial charge in [-0.25, -0.2) is 17.9 Å². The normalized spacial score (nSPS) is 11.2. The van der Waals surface area contributed by atoms with Gasteiger partial charge in [0.1, 0.15) is 16.7 Å². The largest absolute Gasteiger partial charge is 0.282 e. The Kier molecular flexibility index (Phi) is 3.11. The molecule has 2 nitrogen and oxygen atoms in total. The van der Waals surface area contributed by atoms with Gasteiger partial charge in [0.05, 0.1) is 5.69 Å². The van der Waals surface area contributed by atoms with Gasteiger partial charge in [-0.2, -0.15) is 5.10 Å². The predicted octanol–water partition coefficient (Wildman–Crippen LogP) is 3.91. The molecular weight excluding hydrogens is 253 g/mol. The molecule has 0 fully saturated rings. The summed E-state index contributed by atoms with van der Waals surface area (Å²) in [6, 6.07) is 5.05. The summed E-state index contributed by atoms with van der Waals surface area (Å²) < 4.78 is 39.0. The number of aryl methyl sites for hydroxylation is 1. The second-order valence-corrected chi connectivity index (χ2v) is 3.92. The summed E-state index contributed by atoms with van der Waals surface area (Å²) in [7, 11) is 0. The van der Waals surface area contributed by atoms with Crippen LogP contribution in [-0.4, -0.2) is 9.78 Å². The van der Waals surface area contributed by atoms with Crippen LogP contribution >= 0.6 is 11.6 Å². The summed E-state index contributed by atoms with van der Waals surface area (Å²) in [5, 5.41) is 3.75. The van der Waals surface area contributed by atoms with E-state index in [1.807, 2.05) is 0 Å². The minimum atomic E-state index is -2.69. The fourth-order valence-electron chi connectivity index (χ4n) is 1.51. The molecule has 0 radical (unpaired) electrons. The standard InChI is InChI=1S/C11H8ClF3N2/c1-6-4-7(13)2-3-9(6)17-10(12)5-8(16-17)11(14)15/h2-5,11H,1H3. The Balaban J connectivity index is 2.52. The maximum absolute atomic E-state index is 12.9. The fraction of sp³-hybridized carbons (Fsp3) is 0.182. The zero-order valence-corrected chi connectivity index (χ0v) is 9.55. The number of benzene rings is 1. The van der Waals surface area contributed by atoms with Crippen LogP contribution < -0.4 is 0 Å². The quantitative estimate of drug-likeness (QED) is 0.800. The Morgan fingerprint density at radius 2 is 2.00 bits per heavy atom. The SMILES string of the molecule is Cc1cc(F)ccc1-n1nc(C(F)F)cc1Cl. The van der Waals surface area contributed by atoms with Crippen molar-refractivity contribution in [2.75, 3.05) is 0 Å². The van der Waals surface area contributed by atoms with E-state index in [4.69, 9.17) is 11.6 Å². The number of hydrogen-bond acceptors (Lipinski definition) is 1. The van der Waals surface area contributed by atoms with Crippen molar-refractivity contribution in [3.05, 3.63) is 46.5 Å². The highest BCUT2D eigenvalue weighted by atomic mass is 35.5. The molecule has 0 aliphatic heterocycles. The lowest BCUT2D eigenvalue weighted by Crippen LogP contribution is -2.00. The smallest absolute Gasteiger partial charge is 0.221 e. The predicted molar refractivity (Wildman–Crippen MR) is 58.2 cm³/mol. The molecule has 0 N–H and O–H groups in total. The molecule has 0 aliphatic carbocycles. The van der Waals surface area contributed by atoms with Crippen LogP contribution in [0.3, 0.4) is 0 Å². The third kappa shape index (κ3) is 2.29. The Labute approximate surface area is 101 Å². The maximum Gasteiger partial charge on any atom is 0.282 e. The average molecular weight is 261 g/mol. The van der Waals surface area contributed by atoms with Crippen molar-refractivity contribution in [3.8, 4) is 5.69 Å². The number of halogens is 4. The van der Waals surface area contributed by atoms with Gasteiger partial charge in [0, 0.05) is 6.07 Å². The van der Waals surface area contributed by atoms with Crippen molar-refractivity contribution in [2.45, 2.75) is 13.3 Å². The van der Waals surface area contributed by atoms with E-state index < -0.39 is 17.9 Å². The molecule has 1 aromatic carbocycles. The first-order chi connectivity index (χ1) is 7.99. The highest BCUT2D eigenvalue weighted by molar-refractivity contribution is 6.29. The molecule has 0 saturated heterocycles. The zero-order valence-electron chi connectivity index (χ0n) is 8.79. The maximum atomic E-state index is 12.9. The number of hydrogen-bond donors (Lipinski definition) is 0. The van der Waals surface area contributed by atoms with Crippen molar-refractivity contribution in [3.63, 3.8) is 0 Å². The lowest BCUT2D eigenvalue weighted by Gasteiger charge is -2.06. The minimum Gasteiger partial charge on any atom is -0.221 e. The third-order valence-corrected chi connectivity index (χ3v) is 2.56. The molecule has 1 aromatic heterocycles. The monoisotopic (exact) mass is 260 g/mol. The minimum absolute atomic E-state index is 0.0648. The summed E-state index contributed by atoms with van der Waals surface area (Å²) in [6.07, 6.45) is -2.69. The second kappa shape index (κ2) is 4.41. The Hall–Kier alpha value is -1.49. The summed E-state index contributed by atoms with van der Waals surface area (Å²) >= 11 is 5.81. The van der Waals surface area contributed by atoms with Crippen molar-refractivity contribution in [1.29, 1.82) is 0 Å². The van der Waals surface area contributed by atoms with Gasteiger partial charge in [-0.1, -0.05) is 11.6 Å². The third-order valence-electron chi connectivity index (χ3n) is 2.30. The molecule has 1 heterocycles. The molecule has 17 heavy (non-hydrogen) atoms. The van der Waals surface area contributed by atoms with E-state index in [0.717, 1.165) is 10.7 Å². The van der Waals surface area contributed by atoms with E-state index >= 15 is 0 Å². The van der Waals surface area contributed by atoms with Crippen molar-refractivity contribution >= 4 is 11.6 Å². The van der Waals surface area contributed by atoms with Crippen LogP contribution in [0.5, 0.6) is 0 Å². The topological polar surface area (TPSA) is 17.8 Å². The number of alkyl halides is 2. The van der Waals surface area contributed by atoms with Crippen LogP contribution in [0.15, 0.2) is 24.3 Å². The van der Waals surface area contributed by atoms with Crippen LogP contribution in [0.25, 0.3) is 5.69 Å². The molecule has 2 aromatic rings. The van der Waals surface area contributed by atoms with Gasteiger partial charge in [0.15, 0.2) is 0 Å². The number of rotatable bonds is 2. The van der Waals surface area contributed by atoms with E-state index in [9.17, 15) is 13.2 Å². The molecule has 0 spiro atoms. The first-order valence-electron chi connectivity index (χ1n) is 4.79. The van der Waals surface area contributed by atoms with Crippen LogP contribution in [0, 0.1) is 12.7 Å². The molecule has 6 heteroatoms. The van der Waals surface area contributed by atoms with Gasteiger partial charge >= 0.3 is 0 Å². The molecule has 0 unspecified atom stereocenters. The Morgan fingerprint density at radius 3 is 2.53 bits per heavy atom. The number of nitrogens with zero attached hydrogens (tertiary/aromatic N) is 2. The molecule has 90 valence electrons. The van der Waals surface area contributed by atoms with E-state index in [1.165, 1.54) is 18.2 Å². The highest BCUT2D eigenvalue weighted by Crippen LogP contribution is 2.25. The molecular formula is C11H8ClF3N2. The average Bonchev–Trinajstić information content (AvgIpc) is 2.61. The van der Waals surface area contributed by atoms with Gasteiger partial charge < -0.3 is 0 Å². The first kappa shape index (κ1) is 12.0. The van der Waals surface area contributed by atoms with Crippen LogP contribution in [0.1, 0.15) is 17.7 Å². The molecule has 0 atom stereocenters. The zero-order chi connectivity index (χ0) is 12.6. The summed E-state index contributed by atoms with van der Waals surface area (Å²) in [5.74, 6) is -0.399. The lowest BCUT2D eigenvalue weighted by molar-refractivity contribution is 0.145. The van der Waals surface area contributed by atoms with E-state index in [0.29, 0.717) is 11.3 Å². The summed E-state index contributed by atoms with van der Waals surface area (Å²) in [4.78, 5) is 0. The van der Waals surface area contributed by atoms with Gasteiger partial charge in [0.25, 0.3) is 6.43 Å². The molecule has 0 amide bonds. The van der Waals surface area contributed by atoms with Gasteiger partial charge in [-0.05, 0) is 30.7 Å². The van der Waals surface area contributed by atoms with E-state index in [1.54, 1.807) is 6.92 Å². The van der Waals surface area contributed by atoms with Gasteiger partial charge in [-0.3, -0.25) is 0 Å². The Bertz CT molecular complexity index is 552. The first-order valence-corrected chi connectivity index (χ1v) is 5.17. The molecule has 0 saturated carbocycles. The van der Waals surface area contributed by atoms with Crippen LogP contribution in [0.4, 0.5) is 13.2 Å². The Morgan fingerprint density at radius 1 is 1.29 bits per heavy atom.